The van der Waals surface area contributed by atoms with Crippen LogP contribution < -0.4 is 9.46 Å². The lowest BCUT2D eigenvalue weighted by Crippen LogP contribution is -2.30. The van der Waals surface area contributed by atoms with Gasteiger partial charge in [-0.2, -0.15) is 11.3 Å². The summed E-state index contributed by atoms with van der Waals surface area (Å²) in [6, 6.07) is 6.31. The van der Waals surface area contributed by atoms with Gasteiger partial charge in [0.25, 0.3) is 0 Å². The van der Waals surface area contributed by atoms with E-state index < -0.39 is 33.1 Å². The maximum Gasteiger partial charge on any atom is 0.573 e. The van der Waals surface area contributed by atoms with Crippen LogP contribution in [0.15, 0.2) is 46.0 Å². The van der Waals surface area contributed by atoms with E-state index in [0.717, 1.165) is 17.7 Å². The van der Waals surface area contributed by atoms with Crippen LogP contribution in [-0.2, 0) is 14.8 Å². The Morgan fingerprint density at radius 2 is 1.96 bits per heavy atom. The molecule has 1 aromatic carbocycles. The molecule has 1 aromatic heterocycles. The van der Waals surface area contributed by atoms with Gasteiger partial charge in [-0.05, 0) is 34.5 Å². The molecular weight excluding hydrogens is 367 g/mol. The molecular formula is C14H14F3NO4S2. The van der Waals surface area contributed by atoms with Gasteiger partial charge in [-0.3, -0.25) is 0 Å². The largest absolute Gasteiger partial charge is 0.573 e. The van der Waals surface area contributed by atoms with Crippen molar-refractivity contribution in [3.63, 3.8) is 0 Å². The van der Waals surface area contributed by atoms with Gasteiger partial charge in [0.1, 0.15) is 10.6 Å². The van der Waals surface area contributed by atoms with Crippen molar-refractivity contribution in [2.24, 2.45) is 0 Å². The highest BCUT2D eigenvalue weighted by Crippen LogP contribution is 2.29. The second kappa shape index (κ2) is 7.51. The van der Waals surface area contributed by atoms with Gasteiger partial charge in [-0.25, -0.2) is 13.1 Å². The maximum absolute atomic E-state index is 12.4. The van der Waals surface area contributed by atoms with E-state index in [1.165, 1.54) is 30.6 Å². The van der Waals surface area contributed by atoms with Crippen LogP contribution >= 0.6 is 11.3 Å². The Balaban J connectivity index is 2.19. The molecule has 0 fully saturated rings. The van der Waals surface area contributed by atoms with E-state index in [1.807, 2.05) is 5.38 Å². The highest BCUT2D eigenvalue weighted by molar-refractivity contribution is 7.89. The Labute approximate surface area is 141 Å². The highest BCUT2D eigenvalue weighted by atomic mass is 32.2. The normalized spacial score (nSPS) is 13.7. The first-order chi connectivity index (χ1) is 11.2. The zero-order chi connectivity index (χ0) is 17.8. The van der Waals surface area contributed by atoms with E-state index in [2.05, 4.69) is 9.46 Å². The van der Waals surface area contributed by atoms with Gasteiger partial charge in [0.05, 0.1) is 6.10 Å². The summed E-state index contributed by atoms with van der Waals surface area (Å²) in [6.07, 6.45) is -5.54. The average Bonchev–Trinajstić information content (AvgIpc) is 3.01. The summed E-state index contributed by atoms with van der Waals surface area (Å²) in [5.74, 6) is -0.790. The smallest absolute Gasteiger partial charge is 0.404 e. The number of hydrogen-bond acceptors (Lipinski definition) is 5. The van der Waals surface area contributed by atoms with Gasteiger partial charge in [0.15, 0.2) is 0 Å². The summed E-state index contributed by atoms with van der Waals surface area (Å²) in [5, 5.41) is 3.60. The van der Waals surface area contributed by atoms with Crippen molar-refractivity contribution in [1.82, 2.24) is 4.72 Å². The Hall–Kier alpha value is -1.62. The number of halogens is 3. The molecule has 2 aromatic rings. The molecule has 0 radical (unpaired) electrons. The second-order valence-electron chi connectivity index (χ2n) is 4.63. The standard InChI is InChI=1S/C14H14F3NO4S2/c1-21-12(10-6-7-23-9-10)8-18-24(19,20)13-5-3-2-4-11(13)22-14(15,16)17/h2-7,9,12,18H,8H2,1H3/t12-/m1/s1. The monoisotopic (exact) mass is 381 g/mol. The Morgan fingerprint density at radius 3 is 2.54 bits per heavy atom. The molecule has 2 rings (SSSR count). The van der Waals surface area contributed by atoms with Crippen molar-refractivity contribution in [2.75, 3.05) is 13.7 Å². The van der Waals surface area contributed by atoms with E-state index in [-0.39, 0.29) is 6.54 Å². The fraction of sp³-hybridized carbons (Fsp3) is 0.286. The average molecular weight is 381 g/mol. The van der Waals surface area contributed by atoms with E-state index in [9.17, 15) is 21.6 Å². The van der Waals surface area contributed by atoms with Gasteiger partial charge in [-0.15, -0.1) is 13.2 Å². The fourth-order valence-electron chi connectivity index (χ4n) is 1.94. The molecule has 1 atom stereocenters. The van der Waals surface area contributed by atoms with Crippen molar-refractivity contribution in [3.05, 3.63) is 46.7 Å². The first-order valence-corrected chi connectivity index (χ1v) is 9.05. The van der Waals surface area contributed by atoms with Crippen LogP contribution in [0.1, 0.15) is 11.7 Å². The minimum absolute atomic E-state index is 0.129. The molecule has 0 unspecified atom stereocenters. The number of rotatable bonds is 7. The number of thiophene rings is 1. The van der Waals surface area contributed by atoms with E-state index >= 15 is 0 Å². The molecule has 0 saturated carbocycles. The molecule has 0 spiro atoms. The molecule has 0 aliphatic heterocycles. The zero-order valence-corrected chi connectivity index (χ0v) is 14.0. The number of para-hydroxylation sites is 1. The minimum atomic E-state index is -4.99. The Bertz CT molecular complexity index is 761. The van der Waals surface area contributed by atoms with Crippen molar-refractivity contribution < 1.29 is 31.1 Å². The summed E-state index contributed by atoms with van der Waals surface area (Å²) >= 11 is 1.42. The van der Waals surface area contributed by atoms with E-state index in [0.29, 0.717) is 0 Å². The van der Waals surface area contributed by atoms with E-state index in [1.54, 1.807) is 11.4 Å². The molecule has 0 aliphatic rings. The lowest BCUT2D eigenvalue weighted by molar-refractivity contribution is -0.275. The lowest BCUT2D eigenvalue weighted by atomic mass is 10.2. The SMILES string of the molecule is CO[C@H](CNS(=O)(=O)c1ccccc1OC(F)(F)F)c1ccsc1. The van der Waals surface area contributed by atoms with E-state index in [4.69, 9.17) is 4.74 Å². The number of methoxy groups -OCH3 is 1. The number of ether oxygens (including phenoxy) is 2. The summed E-state index contributed by atoms with van der Waals surface area (Å²) in [7, 11) is -2.80. The zero-order valence-electron chi connectivity index (χ0n) is 12.4. The van der Waals surface area contributed by atoms with Gasteiger partial charge >= 0.3 is 6.36 Å². The van der Waals surface area contributed by atoms with Crippen LogP contribution in [0.4, 0.5) is 13.2 Å². The maximum atomic E-state index is 12.4. The minimum Gasteiger partial charge on any atom is -0.404 e. The molecule has 0 bridgehead atoms. The first kappa shape index (κ1) is 18.7. The van der Waals surface area contributed by atoms with Crippen molar-refractivity contribution >= 4 is 21.4 Å². The first-order valence-electron chi connectivity index (χ1n) is 6.62. The third-order valence-electron chi connectivity index (χ3n) is 3.02. The molecule has 24 heavy (non-hydrogen) atoms. The number of alkyl halides is 3. The fourth-order valence-corrected chi connectivity index (χ4v) is 3.80. The second-order valence-corrected chi connectivity index (χ2v) is 7.14. The Kier molecular flexibility index (Phi) is 5.86. The van der Waals surface area contributed by atoms with Crippen LogP contribution in [0, 0.1) is 0 Å². The van der Waals surface area contributed by atoms with Gasteiger partial charge in [-0.1, -0.05) is 12.1 Å². The summed E-state index contributed by atoms with van der Waals surface area (Å²) < 4.78 is 73.1. The predicted octanol–water partition coefficient (Wildman–Crippen LogP) is 3.31. The van der Waals surface area contributed by atoms with Crippen molar-refractivity contribution in [1.29, 1.82) is 0 Å². The molecule has 0 saturated heterocycles. The molecule has 5 nitrogen and oxygen atoms in total. The Morgan fingerprint density at radius 1 is 1.25 bits per heavy atom. The highest BCUT2D eigenvalue weighted by Gasteiger charge is 2.34. The van der Waals surface area contributed by atoms with Crippen LogP contribution in [0.25, 0.3) is 0 Å². The van der Waals surface area contributed by atoms with Gasteiger partial charge < -0.3 is 9.47 Å². The number of nitrogens with one attached hydrogen (secondary N) is 1. The number of sulfonamides is 1. The number of benzene rings is 1. The topological polar surface area (TPSA) is 64.6 Å². The third-order valence-corrected chi connectivity index (χ3v) is 5.19. The summed E-state index contributed by atoms with van der Waals surface area (Å²) in [4.78, 5) is -0.595. The van der Waals surface area contributed by atoms with Gasteiger partial charge in [0.2, 0.25) is 10.0 Å². The summed E-state index contributed by atoms with van der Waals surface area (Å²) in [6.45, 7) is -0.129. The van der Waals surface area contributed by atoms with Crippen LogP contribution in [0.3, 0.4) is 0 Å². The molecule has 0 amide bonds. The lowest BCUT2D eigenvalue weighted by Gasteiger charge is -2.17. The van der Waals surface area contributed by atoms with Gasteiger partial charge in [0, 0.05) is 13.7 Å². The van der Waals surface area contributed by atoms with Crippen LogP contribution in [0.2, 0.25) is 0 Å². The quantitative estimate of drug-likeness (QED) is 0.799. The third kappa shape index (κ3) is 4.94. The molecule has 1 N–H and O–H groups in total. The molecule has 1 heterocycles. The molecule has 132 valence electrons. The van der Waals surface area contributed by atoms with Crippen molar-refractivity contribution in [3.8, 4) is 5.75 Å². The molecule has 10 heteroatoms. The van der Waals surface area contributed by atoms with Crippen molar-refractivity contribution in [2.45, 2.75) is 17.4 Å². The predicted molar refractivity (Wildman–Crippen MR) is 82.4 cm³/mol. The molecule has 0 aliphatic carbocycles. The summed E-state index contributed by atoms with van der Waals surface area (Å²) in [5.41, 5.74) is 0.769. The van der Waals surface area contributed by atoms with Crippen LogP contribution in [-0.4, -0.2) is 28.4 Å². The van der Waals surface area contributed by atoms with Crippen LogP contribution in [0.5, 0.6) is 5.75 Å². The number of hydrogen-bond donors (Lipinski definition) is 1.